The van der Waals surface area contributed by atoms with Crippen LogP contribution in [0.3, 0.4) is 0 Å². The summed E-state index contributed by atoms with van der Waals surface area (Å²) in [6, 6.07) is 1.52. The normalized spacial score (nSPS) is 9.73. The van der Waals surface area contributed by atoms with Crippen LogP contribution in [0.5, 0.6) is 0 Å². The highest BCUT2D eigenvalue weighted by Crippen LogP contribution is 2.00. The number of amides is 1. The summed E-state index contributed by atoms with van der Waals surface area (Å²) in [6.07, 6.45) is 0.138. The summed E-state index contributed by atoms with van der Waals surface area (Å²) in [5, 5.41) is 6.05. The highest BCUT2D eigenvalue weighted by molar-refractivity contribution is 5.92. The maximum Gasteiger partial charge on any atom is 0.307 e. The standard InChI is InChI=1S/C9H12N2O4/c1-6-5-7(11-15-6)9(13)10-4-3-8(12)14-2/h5H,3-4H2,1-2H3,(H,10,13). The molecule has 6 heteroatoms. The van der Waals surface area contributed by atoms with Crippen molar-refractivity contribution in [3.8, 4) is 0 Å². The predicted octanol–water partition coefficient (Wildman–Crippen LogP) is 0.276. The Morgan fingerprint density at radius 2 is 2.33 bits per heavy atom. The Bertz CT molecular complexity index is 359. The highest BCUT2D eigenvalue weighted by Gasteiger charge is 2.10. The van der Waals surface area contributed by atoms with E-state index in [4.69, 9.17) is 4.52 Å². The fourth-order valence-corrected chi connectivity index (χ4v) is 0.944. The molecule has 82 valence electrons. The first-order valence-corrected chi connectivity index (χ1v) is 4.42. The van der Waals surface area contributed by atoms with Gasteiger partial charge in [0.05, 0.1) is 13.5 Å². The topological polar surface area (TPSA) is 81.4 Å². The smallest absolute Gasteiger partial charge is 0.307 e. The van der Waals surface area contributed by atoms with E-state index in [-0.39, 0.29) is 30.5 Å². The van der Waals surface area contributed by atoms with Gasteiger partial charge in [0, 0.05) is 12.6 Å². The summed E-state index contributed by atoms with van der Waals surface area (Å²) < 4.78 is 9.15. The fraction of sp³-hybridized carbons (Fsp3) is 0.444. The Labute approximate surface area is 86.6 Å². The molecule has 0 saturated heterocycles. The van der Waals surface area contributed by atoms with Crippen molar-refractivity contribution in [2.24, 2.45) is 0 Å². The van der Waals surface area contributed by atoms with Gasteiger partial charge in [0.15, 0.2) is 5.69 Å². The van der Waals surface area contributed by atoms with E-state index in [1.54, 1.807) is 6.92 Å². The summed E-state index contributed by atoms with van der Waals surface area (Å²) in [4.78, 5) is 22.1. The molecule has 0 unspecified atom stereocenters. The predicted molar refractivity (Wildman–Crippen MR) is 50.2 cm³/mol. The summed E-state index contributed by atoms with van der Waals surface area (Å²) in [5.74, 6) is -0.171. The molecule has 0 fully saturated rings. The number of hydrogen-bond acceptors (Lipinski definition) is 5. The molecule has 0 aliphatic carbocycles. The first-order valence-electron chi connectivity index (χ1n) is 4.42. The molecule has 0 aromatic carbocycles. The molecular formula is C9H12N2O4. The lowest BCUT2D eigenvalue weighted by Crippen LogP contribution is -2.26. The van der Waals surface area contributed by atoms with Gasteiger partial charge in [0.25, 0.3) is 5.91 Å². The van der Waals surface area contributed by atoms with Crippen LogP contribution in [0.25, 0.3) is 0 Å². The van der Waals surface area contributed by atoms with E-state index in [9.17, 15) is 9.59 Å². The Morgan fingerprint density at radius 3 is 2.87 bits per heavy atom. The third-order valence-electron chi connectivity index (χ3n) is 1.70. The van der Waals surface area contributed by atoms with Gasteiger partial charge in [0.1, 0.15) is 5.76 Å². The Morgan fingerprint density at radius 1 is 1.60 bits per heavy atom. The lowest BCUT2D eigenvalue weighted by Gasteiger charge is -2.00. The van der Waals surface area contributed by atoms with E-state index < -0.39 is 0 Å². The van der Waals surface area contributed by atoms with Gasteiger partial charge in [-0.1, -0.05) is 5.16 Å². The van der Waals surface area contributed by atoms with Crippen molar-refractivity contribution in [2.75, 3.05) is 13.7 Å². The third-order valence-corrected chi connectivity index (χ3v) is 1.70. The molecule has 15 heavy (non-hydrogen) atoms. The number of ether oxygens (including phenoxy) is 1. The lowest BCUT2D eigenvalue weighted by molar-refractivity contribution is -0.140. The Balaban J connectivity index is 2.34. The van der Waals surface area contributed by atoms with Gasteiger partial charge in [-0.2, -0.15) is 0 Å². The minimum Gasteiger partial charge on any atom is -0.469 e. The van der Waals surface area contributed by atoms with E-state index in [2.05, 4.69) is 15.2 Å². The molecule has 1 aromatic rings. The number of methoxy groups -OCH3 is 1. The maximum absolute atomic E-state index is 11.3. The van der Waals surface area contributed by atoms with Crippen molar-refractivity contribution in [1.82, 2.24) is 10.5 Å². The molecule has 0 saturated carbocycles. The molecule has 0 aliphatic rings. The Hall–Kier alpha value is -1.85. The number of rotatable bonds is 4. The largest absolute Gasteiger partial charge is 0.469 e. The van der Waals surface area contributed by atoms with Crippen LogP contribution >= 0.6 is 0 Å². The van der Waals surface area contributed by atoms with Crippen molar-refractivity contribution < 1.29 is 18.8 Å². The van der Waals surface area contributed by atoms with E-state index in [0.717, 1.165) is 0 Å². The molecule has 6 nitrogen and oxygen atoms in total. The van der Waals surface area contributed by atoms with E-state index in [0.29, 0.717) is 5.76 Å². The van der Waals surface area contributed by atoms with Gasteiger partial charge >= 0.3 is 5.97 Å². The molecule has 1 N–H and O–H groups in total. The maximum atomic E-state index is 11.3. The fourth-order valence-electron chi connectivity index (χ4n) is 0.944. The van der Waals surface area contributed by atoms with E-state index in [1.165, 1.54) is 13.2 Å². The minimum absolute atomic E-state index is 0.138. The second-order valence-electron chi connectivity index (χ2n) is 2.90. The van der Waals surface area contributed by atoms with Crippen molar-refractivity contribution in [3.05, 3.63) is 17.5 Å². The first kappa shape index (κ1) is 11.2. The molecular weight excluding hydrogens is 200 g/mol. The molecule has 1 amide bonds. The van der Waals surface area contributed by atoms with Gasteiger partial charge in [0.2, 0.25) is 0 Å². The van der Waals surface area contributed by atoms with Crippen LogP contribution in [0.4, 0.5) is 0 Å². The molecule has 1 rings (SSSR count). The number of nitrogens with zero attached hydrogens (tertiary/aromatic N) is 1. The number of hydrogen-bond donors (Lipinski definition) is 1. The van der Waals surface area contributed by atoms with Gasteiger partial charge in [-0.25, -0.2) is 0 Å². The van der Waals surface area contributed by atoms with Crippen molar-refractivity contribution in [2.45, 2.75) is 13.3 Å². The molecule has 1 aromatic heterocycles. The van der Waals surface area contributed by atoms with Gasteiger partial charge < -0.3 is 14.6 Å². The molecule has 0 bridgehead atoms. The van der Waals surface area contributed by atoms with Crippen LogP contribution in [-0.4, -0.2) is 30.7 Å². The quantitative estimate of drug-likeness (QED) is 0.725. The van der Waals surface area contributed by atoms with Crippen molar-refractivity contribution in [3.63, 3.8) is 0 Å². The second kappa shape index (κ2) is 5.14. The number of esters is 1. The minimum atomic E-state index is -0.369. The highest BCUT2D eigenvalue weighted by atomic mass is 16.5. The number of nitrogens with one attached hydrogen (secondary N) is 1. The van der Waals surface area contributed by atoms with Gasteiger partial charge in [-0.3, -0.25) is 9.59 Å². The number of carbonyl (C=O) groups is 2. The summed E-state index contributed by atoms with van der Waals surface area (Å²) in [6.45, 7) is 1.91. The van der Waals surface area contributed by atoms with Crippen LogP contribution in [0.15, 0.2) is 10.6 Å². The molecule has 0 atom stereocenters. The number of carbonyl (C=O) groups excluding carboxylic acids is 2. The van der Waals surface area contributed by atoms with Crippen molar-refractivity contribution in [1.29, 1.82) is 0 Å². The summed E-state index contributed by atoms with van der Waals surface area (Å²) in [7, 11) is 1.30. The monoisotopic (exact) mass is 212 g/mol. The summed E-state index contributed by atoms with van der Waals surface area (Å²) >= 11 is 0. The van der Waals surface area contributed by atoms with Crippen LogP contribution in [0.1, 0.15) is 22.7 Å². The van der Waals surface area contributed by atoms with Crippen LogP contribution in [-0.2, 0) is 9.53 Å². The average molecular weight is 212 g/mol. The zero-order valence-corrected chi connectivity index (χ0v) is 8.57. The zero-order chi connectivity index (χ0) is 11.3. The molecule has 0 radical (unpaired) electrons. The van der Waals surface area contributed by atoms with Gasteiger partial charge in [-0.15, -0.1) is 0 Å². The SMILES string of the molecule is COC(=O)CCNC(=O)c1cc(C)on1. The van der Waals surface area contributed by atoms with Crippen LogP contribution in [0.2, 0.25) is 0 Å². The molecule has 0 spiro atoms. The summed E-state index contributed by atoms with van der Waals surface area (Å²) in [5.41, 5.74) is 0.206. The lowest BCUT2D eigenvalue weighted by atomic mass is 10.3. The van der Waals surface area contributed by atoms with Crippen molar-refractivity contribution >= 4 is 11.9 Å². The Kier molecular flexibility index (Phi) is 3.84. The van der Waals surface area contributed by atoms with Crippen LogP contribution < -0.4 is 5.32 Å². The van der Waals surface area contributed by atoms with E-state index in [1.807, 2.05) is 0 Å². The van der Waals surface area contributed by atoms with E-state index >= 15 is 0 Å². The average Bonchev–Trinajstić information content (AvgIpc) is 2.64. The third kappa shape index (κ3) is 3.41. The number of aryl methyl sites for hydroxylation is 1. The molecule has 1 heterocycles. The second-order valence-corrected chi connectivity index (χ2v) is 2.90. The first-order chi connectivity index (χ1) is 7.13. The molecule has 0 aliphatic heterocycles. The zero-order valence-electron chi connectivity index (χ0n) is 8.57. The van der Waals surface area contributed by atoms with Crippen LogP contribution in [0, 0.1) is 6.92 Å². The van der Waals surface area contributed by atoms with Gasteiger partial charge in [-0.05, 0) is 6.92 Å². The number of aromatic nitrogens is 1.